The molecule has 0 atom stereocenters. The smallest absolute Gasteiger partial charge is 0.00850 e. The molecule has 0 aromatic carbocycles. The normalized spacial score (nSPS) is 9.43. The second-order valence-electron chi connectivity index (χ2n) is 1.24. The van der Waals surface area contributed by atoms with E-state index < -0.39 is 0 Å². The first-order valence-corrected chi connectivity index (χ1v) is 7.18. The molecule has 0 heterocycles. The van der Waals surface area contributed by atoms with E-state index in [4.69, 9.17) is 0 Å². The van der Waals surface area contributed by atoms with E-state index in [0.717, 1.165) is 0 Å². The van der Waals surface area contributed by atoms with Crippen LogP contribution in [0.3, 0.4) is 0 Å². The summed E-state index contributed by atoms with van der Waals surface area (Å²) in [4.78, 5) is 0. The van der Waals surface area contributed by atoms with E-state index in [1.165, 1.54) is 18.6 Å². The largest absolute Gasteiger partial charge is 0.0830 e. The predicted molar refractivity (Wildman–Crippen MR) is 49.0 cm³/mol. The number of halogens is 1. The van der Waals surface area contributed by atoms with Crippen LogP contribution < -0.4 is 0 Å². The van der Waals surface area contributed by atoms with Gasteiger partial charge in [-0.15, -0.1) is 0 Å². The molecule has 44 valence electrons. The van der Waals surface area contributed by atoms with E-state index in [1.807, 2.05) is 18.8 Å². The van der Waals surface area contributed by atoms with Crippen molar-refractivity contribution in [3.8, 4) is 0 Å². The van der Waals surface area contributed by atoms with Gasteiger partial charge in [0.25, 0.3) is 0 Å². The summed E-state index contributed by atoms with van der Waals surface area (Å²) in [6.45, 7) is 2.22. The molecule has 0 aliphatic heterocycles. The van der Waals surface area contributed by atoms with Gasteiger partial charge in [0.2, 0.25) is 0 Å². The average Bonchev–Trinajstić information content (AvgIpc) is 1.69. The van der Waals surface area contributed by atoms with E-state index in [-0.39, 0.29) is 0 Å². The Bertz CT molecular complexity index is 28.9. The highest BCUT2D eigenvalue weighted by atomic mass is 127. The Morgan fingerprint density at radius 3 is 2.71 bits per heavy atom. The molecule has 0 unspecified atom stereocenters. The van der Waals surface area contributed by atoms with Gasteiger partial charge in [0.15, 0.2) is 0 Å². The molecule has 0 bridgehead atoms. The lowest BCUT2D eigenvalue weighted by atomic mass is 10.4. The molecule has 0 saturated heterocycles. The highest BCUT2D eigenvalue weighted by Crippen LogP contribution is 2.28. The van der Waals surface area contributed by atoms with Crippen LogP contribution in [0.2, 0.25) is 0 Å². The summed E-state index contributed by atoms with van der Waals surface area (Å²) in [5.74, 6) is 1.31. The van der Waals surface area contributed by atoms with Gasteiger partial charge < -0.3 is 0 Å². The van der Waals surface area contributed by atoms with Crippen LogP contribution in [-0.2, 0) is 0 Å². The summed E-state index contributed by atoms with van der Waals surface area (Å²) in [6, 6.07) is 0. The number of hydrogen-bond donors (Lipinski definition) is 0. The topological polar surface area (TPSA) is 0 Å². The van der Waals surface area contributed by atoms with E-state index in [9.17, 15) is 0 Å². The maximum absolute atomic E-state index is 2.31. The standard InChI is InChI=1S/C4H9IS2/c1-2-3-4-6-7-5/h2-4H2,1H3. The Balaban J connectivity index is 2.45. The quantitative estimate of drug-likeness (QED) is 0.424. The molecule has 0 amide bonds. The van der Waals surface area contributed by atoms with Gasteiger partial charge in [-0.25, -0.2) is 0 Å². The van der Waals surface area contributed by atoms with Gasteiger partial charge in [-0.05, 0) is 14.4 Å². The Labute approximate surface area is 65.2 Å². The molecule has 0 spiro atoms. The third-order valence-corrected chi connectivity index (χ3v) is 4.23. The molecule has 7 heavy (non-hydrogen) atoms. The molecule has 0 saturated carbocycles. The van der Waals surface area contributed by atoms with Crippen molar-refractivity contribution in [1.29, 1.82) is 0 Å². The van der Waals surface area contributed by atoms with Crippen LogP contribution >= 0.6 is 40.0 Å². The maximum atomic E-state index is 2.31. The van der Waals surface area contributed by atoms with Gasteiger partial charge in [-0.1, -0.05) is 24.1 Å². The van der Waals surface area contributed by atoms with E-state index in [1.54, 1.807) is 0 Å². The Hall–Kier alpha value is 1.43. The zero-order valence-electron chi connectivity index (χ0n) is 4.32. The third kappa shape index (κ3) is 7.43. The molecule has 0 nitrogen and oxygen atoms in total. The zero-order valence-corrected chi connectivity index (χ0v) is 8.11. The fraction of sp³-hybridized carbons (Fsp3) is 1.00. The first kappa shape index (κ1) is 8.43. The molecule has 0 aromatic rings. The second-order valence-corrected chi connectivity index (χ2v) is 6.33. The summed E-state index contributed by atoms with van der Waals surface area (Å²) in [5.41, 5.74) is 0. The van der Waals surface area contributed by atoms with E-state index >= 15 is 0 Å². The van der Waals surface area contributed by atoms with Crippen molar-refractivity contribution < 1.29 is 0 Å². The van der Waals surface area contributed by atoms with Crippen molar-refractivity contribution in [2.75, 3.05) is 5.75 Å². The number of rotatable bonds is 4. The van der Waals surface area contributed by atoms with E-state index in [2.05, 4.69) is 28.1 Å². The minimum Gasteiger partial charge on any atom is -0.0830 e. The van der Waals surface area contributed by atoms with Crippen LogP contribution in [0.1, 0.15) is 19.8 Å². The Morgan fingerprint density at radius 1 is 1.57 bits per heavy atom. The highest BCUT2D eigenvalue weighted by Gasteiger charge is 1.81. The molecular formula is C4H9IS2. The van der Waals surface area contributed by atoms with Crippen LogP contribution in [0.15, 0.2) is 0 Å². The summed E-state index contributed by atoms with van der Waals surface area (Å²) in [6.07, 6.45) is 2.69. The minimum absolute atomic E-state index is 1.31. The van der Waals surface area contributed by atoms with Crippen molar-refractivity contribution in [2.45, 2.75) is 19.8 Å². The third-order valence-electron chi connectivity index (χ3n) is 0.626. The van der Waals surface area contributed by atoms with Gasteiger partial charge in [0, 0.05) is 27.0 Å². The van der Waals surface area contributed by atoms with Gasteiger partial charge >= 0.3 is 0 Å². The van der Waals surface area contributed by atoms with Gasteiger partial charge in [-0.3, -0.25) is 0 Å². The molecule has 0 aliphatic carbocycles. The minimum atomic E-state index is 1.31. The van der Waals surface area contributed by atoms with Crippen LogP contribution in [0, 0.1) is 0 Å². The molecular weight excluding hydrogens is 239 g/mol. The molecule has 0 rings (SSSR count). The maximum Gasteiger partial charge on any atom is 0.00850 e. The fourth-order valence-corrected chi connectivity index (χ4v) is 2.86. The Morgan fingerprint density at radius 2 is 2.29 bits per heavy atom. The second kappa shape index (κ2) is 7.43. The predicted octanol–water partition coefficient (Wildman–Crippen LogP) is 3.52. The molecule has 0 radical (unpaired) electrons. The lowest BCUT2D eigenvalue weighted by Crippen LogP contribution is -1.69. The summed E-state index contributed by atoms with van der Waals surface area (Å²) >= 11 is 2.31. The molecule has 3 heteroatoms. The van der Waals surface area contributed by atoms with Gasteiger partial charge in [0.1, 0.15) is 0 Å². The summed E-state index contributed by atoms with van der Waals surface area (Å²) in [5, 5.41) is 0. The lowest BCUT2D eigenvalue weighted by molar-refractivity contribution is 0.898. The zero-order chi connectivity index (χ0) is 5.54. The number of unbranched alkanes of at least 4 members (excludes halogenated alkanes) is 1. The van der Waals surface area contributed by atoms with Crippen LogP contribution in [0.4, 0.5) is 0 Å². The number of hydrogen-bond acceptors (Lipinski definition) is 2. The van der Waals surface area contributed by atoms with E-state index in [0.29, 0.717) is 0 Å². The first-order chi connectivity index (χ1) is 3.41. The molecule has 0 N–H and O–H groups in total. The van der Waals surface area contributed by atoms with Crippen LogP contribution in [0.5, 0.6) is 0 Å². The monoisotopic (exact) mass is 248 g/mol. The van der Waals surface area contributed by atoms with Crippen molar-refractivity contribution in [3.63, 3.8) is 0 Å². The highest BCUT2D eigenvalue weighted by molar-refractivity contribution is 14.2. The summed E-state index contributed by atoms with van der Waals surface area (Å²) < 4.78 is 0. The summed E-state index contributed by atoms with van der Waals surface area (Å²) in [7, 11) is 3.76. The average molecular weight is 248 g/mol. The SMILES string of the molecule is CCCCSSI. The van der Waals surface area contributed by atoms with Gasteiger partial charge in [-0.2, -0.15) is 0 Å². The Kier molecular flexibility index (Phi) is 8.95. The fourth-order valence-electron chi connectivity index (χ4n) is 0.235. The van der Waals surface area contributed by atoms with Crippen molar-refractivity contribution >= 4 is 40.0 Å². The van der Waals surface area contributed by atoms with Crippen LogP contribution in [0.25, 0.3) is 0 Å². The van der Waals surface area contributed by atoms with Crippen molar-refractivity contribution in [1.82, 2.24) is 0 Å². The first-order valence-electron chi connectivity index (χ1n) is 2.32. The van der Waals surface area contributed by atoms with Gasteiger partial charge in [0.05, 0.1) is 0 Å². The van der Waals surface area contributed by atoms with Crippen molar-refractivity contribution in [2.24, 2.45) is 0 Å². The van der Waals surface area contributed by atoms with Crippen molar-refractivity contribution in [3.05, 3.63) is 0 Å². The molecule has 0 aliphatic rings. The van der Waals surface area contributed by atoms with Crippen LogP contribution in [-0.4, -0.2) is 5.75 Å². The molecule has 0 fully saturated rings. The molecule has 0 aromatic heterocycles. The lowest BCUT2D eigenvalue weighted by Gasteiger charge is -1.88.